The molecule has 0 saturated carbocycles. The van der Waals surface area contributed by atoms with E-state index in [1.807, 2.05) is 51.2 Å². The van der Waals surface area contributed by atoms with Gasteiger partial charge in [-0.2, -0.15) is 0 Å². The molecule has 0 unspecified atom stereocenters. The van der Waals surface area contributed by atoms with Crippen LogP contribution in [0, 0.1) is 20.8 Å². The Morgan fingerprint density at radius 3 is 2.70 bits per heavy atom. The number of nitrogens with zero attached hydrogens (tertiary/aromatic N) is 1. The first kappa shape index (κ1) is 12.5. The summed E-state index contributed by atoms with van der Waals surface area (Å²) in [6.45, 7) is 5.67. The molecule has 0 amide bonds. The highest BCUT2D eigenvalue weighted by molar-refractivity contribution is 5.93. The number of aryl methyl sites for hydroxylation is 1. The molecule has 2 aromatic heterocycles. The van der Waals surface area contributed by atoms with Crippen molar-refractivity contribution in [1.82, 2.24) is 9.97 Å². The van der Waals surface area contributed by atoms with Crippen molar-refractivity contribution in [3.63, 3.8) is 0 Å². The number of aromatic nitrogens is 2. The summed E-state index contributed by atoms with van der Waals surface area (Å²) in [6.07, 6.45) is 1.92. The van der Waals surface area contributed by atoms with Crippen LogP contribution in [0.4, 0.5) is 11.5 Å². The van der Waals surface area contributed by atoms with E-state index in [2.05, 4.69) is 15.3 Å². The standard InChI is InChI=1S/C16H17N3O/c1-9-10(2)16(18-11(3)15(9)20)19-14-6-4-5-13-12(14)7-8-17-13/h4-8,17,20H,1-3H3,(H,18,19). The average Bonchev–Trinajstić information content (AvgIpc) is 2.92. The molecule has 0 spiro atoms. The van der Waals surface area contributed by atoms with Crippen LogP contribution < -0.4 is 5.32 Å². The maximum absolute atomic E-state index is 9.92. The van der Waals surface area contributed by atoms with Crippen LogP contribution in [0.1, 0.15) is 16.8 Å². The van der Waals surface area contributed by atoms with E-state index >= 15 is 0 Å². The number of aromatic amines is 1. The quantitative estimate of drug-likeness (QED) is 0.659. The predicted octanol–water partition coefficient (Wildman–Crippen LogP) is 3.94. The first-order valence-electron chi connectivity index (χ1n) is 6.58. The summed E-state index contributed by atoms with van der Waals surface area (Å²) in [5.41, 5.74) is 4.54. The monoisotopic (exact) mass is 267 g/mol. The molecule has 0 atom stereocenters. The third-order valence-corrected chi connectivity index (χ3v) is 3.74. The van der Waals surface area contributed by atoms with Gasteiger partial charge in [0.15, 0.2) is 0 Å². The molecule has 4 heteroatoms. The zero-order chi connectivity index (χ0) is 14.3. The molecule has 3 aromatic rings. The van der Waals surface area contributed by atoms with E-state index in [0.29, 0.717) is 5.69 Å². The lowest BCUT2D eigenvalue weighted by atomic mass is 10.1. The van der Waals surface area contributed by atoms with E-state index in [4.69, 9.17) is 0 Å². The van der Waals surface area contributed by atoms with Gasteiger partial charge in [-0.05, 0) is 50.1 Å². The Labute approximate surface area is 117 Å². The molecule has 0 bridgehead atoms. The first-order chi connectivity index (χ1) is 9.58. The van der Waals surface area contributed by atoms with Gasteiger partial charge in [-0.1, -0.05) is 6.07 Å². The van der Waals surface area contributed by atoms with Crippen LogP contribution in [-0.4, -0.2) is 15.1 Å². The summed E-state index contributed by atoms with van der Waals surface area (Å²) in [5, 5.41) is 14.4. The summed E-state index contributed by atoms with van der Waals surface area (Å²) < 4.78 is 0. The van der Waals surface area contributed by atoms with Gasteiger partial charge in [-0.15, -0.1) is 0 Å². The summed E-state index contributed by atoms with van der Waals surface area (Å²) in [7, 11) is 0. The molecule has 0 aliphatic carbocycles. The van der Waals surface area contributed by atoms with Gasteiger partial charge >= 0.3 is 0 Å². The normalized spacial score (nSPS) is 10.9. The van der Waals surface area contributed by atoms with Gasteiger partial charge in [0.05, 0.1) is 5.69 Å². The number of hydrogen-bond donors (Lipinski definition) is 3. The number of anilines is 2. The highest BCUT2D eigenvalue weighted by Crippen LogP contribution is 2.31. The lowest BCUT2D eigenvalue weighted by Gasteiger charge is -2.14. The highest BCUT2D eigenvalue weighted by atomic mass is 16.3. The molecule has 20 heavy (non-hydrogen) atoms. The molecular formula is C16H17N3O. The number of pyridine rings is 1. The second-order valence-corrected chi connectivity index (χ2v) is 5.01. The third kappa shape index (κ3) is 1.90. The van der Waals surface area contributed by atoms with Crippen LogP contribution in [0.5, 0.6) is 5.75 Å². The number of aromatic hydroxyl groups is 1. The van der Waals surface area contributed by atoms with E-state index in [9.17, 15) is 5.11 Å². The molecule has 0 radical (unpaired) electrons. The molecule has 0 saturated heterocycles. The smallest absolute Gasteiger partial charge is 0.140 e. The van der Waals surface area contributed by atoms with Gasteiger partial charge in [-0.3, -0.25) is 0 Å². The van der Waals surface area contributed by atoms with E-state index in [-0.39, 0.29) is 5.75 Å². The zero-order valence-electron chi connectivity index (χ0n) is 11.8. The minimum Gasteiger partial charge on any atom is -0.506 e. The second-order valence-electron chi connectivity index (χ2n) is 5.01. The number of H-pyrrole nitrogens is 1. The lowest BCUT2D eigenvalue weighted by Crippen LogP contribution is -2.01. The Balaban J connectivity index is 2.10. The Hall–Kier alpha value is -2.49. The molecule has 2 heterocycles. The molecule has 0 aliphatic rings. The number of fused-ring (bicyclic) bond motifs is 1. The minimum atomic E-state index is 0.271. The number of hydrogen-bond acceptors (Lipinski definition) is 3. The molecule has 0 fully saturated rings. The molecule has 3 N–H and O–H groups in total. The molecular weight excluding hydrogens is 250 g/mol. The number of nitrogens with one attached hydrogen (secondary N) is 2. The summed E-state index contributed by atoms with van der Waals surface area (Å²) >= 11 is 0. The maximum atomic E-state index is 9.92. The lowest BCUT2D eigenvalue weighted by molar-refractivity contribution is 0.463. The Morgan fingerprint density at radius 2 is 1.90 bits per heavy atom. The van der Waals surface area contributed by atoms with Crippen LogP contribution in [0.3, 0.4) is 0 Å². The fourth-order valence-corrected chi connectivity index (χ4v) is 2.37. The van der Waals surface area contributed by atoms with Crippen LogP contribution in [-0.2, 0) is 0 Å². The number of rotatable bonds is 2. The molecule has 0 aliphatic heterocycles. The Bertz CT molecular complexity index is 790. The van der Waals surface area contributed by atoms with Gasteiger partial charge in [0, 0.05) is 22.8 Å². The van der Waals surface area contributed by atoms with Crippen molar-refractivity contribution in [3.05, 3.63) is 47.3 Å². The SMILES string of the molecule is Cc1nc(Nc2cccc3[nH]ccc23)c(C)c(C)c1O. The summed E-state index contributed by atoms with van der Waals surface area (Å²) in [6, 6.07) is 8.09. The minimum absolute atomic E-state index is 0.271. The molecule has 102 valence electrons. The largest absolute Gasteiger partial charge is 0.506 e. The van der Waals surface area contributed by atoms with Gasteiger partial charge in [0.1, 0.15) is 11.6 Å². The van der Waals surface area contributed by atoms with E-state index < -0.39 is 0 Å². The van der Waals surface area contributed by atoms with Crippen molar-refractivity contribution in [2.45, 2.75) is 20.8 Å². The fourth-order valence-electron chi connectivity index (χ4n) is 2.37. The molecule has 1 aromatic carbocycles. The van der Waals surface area contributed by atoms with Crippen LogP contribution >= 0.6 is 0 Å². The van der Waals surface area contributed by atoms with E-state index in [1.54, 1.807) is 0 Å². The topological polar surface area (TPSA) is 60.9 Å². The zero-order valence-corrected chi connectivity index (χ0v) is 11.8. The highest BCUT2D eigenvalue weighted by Gasteiger charge is 2.12. The van der Waals surface area contributed by atoms with Gasteiger partial charge in [0.2, 0.25) is 0 Å². The maximum Gasteiger partial charge on any atom is 0.140 e. The van der Waals surface area contributed by atoms with Crippen molar-refractivity contribution < 1.29 is 5.11 Å². The fraction of sp³-hybridized carbons (Fsp3) is 0.188. The predicted molar refractivity (Wildman–Crippen MR) is 81.7 cm³/mol. The van der Waals surface area contributed by atoms with Crippen molar-refractivity contribution >= 4 is 22.4 Å². The van der Waals surface area contributed by atoms with Gasteiger partial charge in [-0.25, -0.2) is 4.98 Å². The van der Waals surface area contributed by atoms with E-state index in [0.717, 1.165) is 33.5 Å². The molecule has 3 rings (SSSR count). The van der Waals surface area contributed by atoms with Crippen molar-refractivity contribution in [2.75, 3.05) is 5.32 Å². The molecule has 4 nitrogen and oxygen atoms in total. The van der Waals surface area contributed by atoms with Crippen LogP contribution in [0.15, 0.2) is 30.5 Å². The van der Waals surface area contributed by atoms with Crippen molar-refractivity contribution in [1.29, 1.82) is 0 Å². The van der Waals surface area contributed by atoms with E-state index in [1.165, 1.54) is 0 Å². The van der Waals surface area contributed by atoms with Gasteiger partial charge in [0.25, 0.3) is 0 Å². The van der Waals surface area contributed by atoms with Gasteiger partial charge < -0.3 is 15.4 Å². The Morgan fingerprint density at radius 1 is 1.10 bits per heavy atom. The van der Waals surface area contributed by atoms with Crippen LogP contribution in [0.25, 0.3) is 10.9 Å². The van der Waals surface area contributed by atoms with Crippen molar-refractivity contribution in [2.24, 2.45) is 0 Å². The van der Waals surface area contributed by atoms with Crippen LogP contribution in [0.2, 0.25) is 0 Å². The summed E-state index contributed by atoms with van der Waals surface area (Å²) in [5.74, 6) is 1.06. The summed E-state index contributed by atoms with van der Waals surface area (Å²) in [4.78, 5) is 7.64. The average molecular weight is 267 g/mol. The Kier molecular flexibility index (Phi) is 2.86. The number of benzene rings is 1. The first-order valence-corrected chi connectivity index (χ1v) is 6.58. The third-order valence-electron chi connectivity index (χ3n) is 3.74. The van der Waals surface area contributed by atoms with Crippen molar-refractivity contribution in [3.8, 4) is 5.75 Å². The second kappa shape index (κ2) is 4.56.